The molecule has 0 saturated heterocycles. The van der Waals surface area contributed by atoms with Crippen LogP contribution in [0.5, 0.6) is 5.88 Å². The molecule has 0 fully saturated rings. The molecular formula is C23H18BrClN4O6. The van der Waals surface area contributed by atoms with Crippen LogP contribution in [0.2, 0.25) is 5.02 Å². The van der Waals surface area contributed by atoms with Crippen molar-refractivity contribution in [1.82, 2.24) is 10.4 Å². The number of hydrogen-bond donors (Lipinski definition) is 2. The maximum atomic E-state index is 12.1. The summed E-state index contributed by atoms with van der Waals surface area (Å²) < 4.78 is 16.8. The zero-order valence-corrected chi connectivity index (χ0v) is 20.8. The number of rotatable bonds is 9. The Balaban J connectivity index is 1.64. The third-order valence-corrected chi connectivity index (χ3v) is 5.98. The minimum Gasteiger partial charge on any atom is -0.478 e. The molecule has 2 N–H and O–H groups in total. The smallest absolute Gasteiger partial charge is 0.335 e. The van der Waals surface area contributed by atoms with Crippen LogP contribution in [0.25, 0.3) is 11.3 Å². The number of halogens is 2. The van der Waals surface area contributed by atoms with Crippen LogP contribution in [-0.4, -0.2) is 41.9 Å². The molecule has 0 saturated carbocycles. The van der Waals surface area contributed by atoms with Crippen molar-refractivity contribution in [2.75, 3.05) is 13.7 Å². The third kappa shape index (κ3) is 6.24. The lowest BCUT2D eigenvalue weighted by atomic mass is 10.1. The maximum absolute atomic E-state index is 12.1. The van der Waals surface area contributed by atoms with Crippen LogP contribution in [0, 0.1) is 18.3 Å². The van der Waals surface area contributed by atoms with Crippen molar-refractivity contribution < 1.29 is 28.6 Å². The van der Waals surface area contributed by atoms with Gasteiger partial charge in [-0.3, -0.25) is 4.79 Å². The fourth-order valence-corrected chi connectivity index (χ4v) is 3.57. The van der Waals surface area contributed by atoms with Crippen LogP contribution >= 0.6 is 27.5 Å². The number of hydrazone groups is 1. The summed E-state index contributed by atoms with van der Waals surface area (Å²) in [6.07, 6.45) is 1.26. The van der Waals surface area contributed by atoms with Crippen LogP contribution in [0.15, 0.2) is 44.3 Å². The van der Waals surface area contributed by atoms with E-state index in [0.29, 0.717) is 37.8 Å². The number of carbonyl (C=O) groups excluding carboxylic acids is 1. The number of ether oxygens (including phenoxy) is 2. The number of carboxylic acids is 1. The number of aromatic nitrogens is 1. The Morgan fingerprint density at radius 1 is 1.37 bits per heavy atom. The minimum absolute atomic E-state index is 0.00975. The Kier molecular flexibility index (Phi) is 8.59. The Morgan fingerprint density at radius 2 is 2.14 bits per heavy atom. The molecule has 180 valence electrons. The maximum Gasteiger partial charge on any atom is 0.335 e. The summed E-state index contributed by atoms with van der Waals surface area (Å²) >= 11 is 9.53. The van der Waals surface area contributed by atoms with Gasteiger partial charge in [-0.2, -0.15) is 10.4 Å². The van der Waals surface area contributed by atoms with Crippen LogP contribution in [-0.2, 0) is 16.1 Å². The van der Waals surface area contributed by atoms with E-state index in [0.717, 1.165) is 0 Å². The molecule has 0 aliphatic heterocycles. The number of aromatic carboxylic acids is 1. The van der Waals surface area contributed by atoms with Crippen molar-refractivity contribution in [2.24, 2.45) is 5.10 Å². The van der Waals surface area contributed by atoms with E-state index >= 15 is 0 Å². The van der Waals surface area contributed by atoms with Crippen molar-refractivity contribution in [3.05, 3.63) is 68.0 Å². The number of methoxy groups -OCH3 is 1. The molecule has 2 aromatic heterocycles. The molecule has 1 aromatic carbocycles. The number of furan rings is 1. The van der Waals surface area contributed by atoms with E-state index < -0.39 is 18.5 Å². The number of aryl methyl sites for hydroxylation is 1. The largest absolute Gasteiger partial charge is 0.478 e. The summed E-state index contributed by atoms with van der Waals surface area (Å²) in [4.78, 5) is 27.5. The number of nitriles is 1. The summed E-state index contributed by atoms with van der Waals surface area (Å²) in [5.41, 5.74) is 4.06. The first-order valence-corrected chi connectivity index (χ1v) is 11.1. The SMILES string of the molecule is COCc1c(Br)c(C)nc(OCC(=O)N/N=C\c2ccc(-c3cc(C(=O)O)ccc3Cl)o2)c1C#N. The highest BCUT2D eigenvalue weighted by Gasteiger charge is 2.18. The highest BCUT2D eigenvalue weighted by molar-refractivity contribution is 9.10. The highest BCUT2D eigenvalue weighted by Crippen LogP contribution is 2.31. The number of nitrogens with one attached hydrogen (secondary N) is 1. The lowest BCUT2D eigenvalue weighted by Gasteiger charge is -2.13. The first kappa shape index (κ1) is 25.9. The molecule has 1 amide bonds. The molecule has 3 rings (SSSR count). The molecule has 2 heterocycles. The molecule has 35 heavy (non-hydrogen) atoms. The zero-order valence-electron chi connectivity index (χ0n) is 18.5. The van der Waals surface area contributed by atoms with Crippen LogP contribution in [0.1, 0.15) is 32.9 Å². The van der Waals surface area contributed by atoms with Gasteiger partial charge in [0, 0.05) is 22.7 Å². The van der Waals surface area contributed by atoms with E-state index in [1.807, 2.05) is 6.07 Å². The molecule has 0 unspecified atom stereocenters. The van der Waals surface area contributed by atoms with E-state index in [2.05, 4.69) is 31.4 Å². The second kappa shape index (κ2) is 11.6. The van der Waals surface area contributed by atoms with Gasteiger partial charge in [0.2, 0.25) is 5.88 Å². The van der Waals surface area contributed by atoms with Gasteiger partial charge in [0.15, 0.2) is 6.61 Å². The van der Waals surface area contributed by atoms with E-state index in [4.69, 9.17) is 30.6 Å². The summed E-state index contributed by atoms with van der Waals surface area (Å²) in [5, 5.41) is 22.8. The van der Waals surface area contributed by atoms with Gasteiger partial charge in [-0.05, 0) is 53.2 Å². The molecule has 0 aliphatic rings. The summed E-state index contributed by atoms with van der Waals surface area (Å²) in [7, 11) is 1.50. The molecule has 0 bridgehead atoms. The standard InChI is InChI=1S/C23H18BrClN4O6/c1-12-21(24)17(10-33-2)16(8-26)22(28-12)34-11-20(30)29-27-9-14-4-6-19(35-14)15-7-13(23(31)32)3-5-18(15)25/h3-7,9H,10-11H2,1-2H3,(H,29,30)(H,31,32)/b27-9-. The molecule has 3 aromatic rings. The number of benzene rings is 1. The Hall–Kier alpha value is -3.72. The van der Waals surface area contributed by atoms with Gasteiger partial charge in [-0.15, -0.1) is 0 Å². The van der Waals surface area contributed by atoms with Gasteiger partial charge in [0.25, 0.3) is 5.91 Å². The van der Waals surface area contributed by atoms with Gasteiger partial charge in [0.05, 0.1) is 29.1 Å². The number of pyridine rings is 1. The Labute approximate surface area is 213 Å². The van der Waals surface area contributed by atoms with Crippen molar-refractivity contribution >= 4 is 45.6 Å². The monoisotopic (exact) mass is 560 g/mol. The fourth-order valence-electron chi connectivity index (χ4n) is 2.96. The molecule has 0 radical (unpaired) electrons. The average Bonchev–Trinajstić information content (AvgIpc) is 3.29. The molecule has 0 spiro atoms. The third-order valence-electron chi connectivity index (χ3n) is 4.59. The van der Waals surface area contributed by atoms with Gasteiger partial charge in [-0.25, -0.2) is 15.2 Å². The van der Waals surface area contributed by atoms with Crippen LogP contribution in [0.3, 0.4) is 0 Å². The Bertz CT molecular complexity index is 1350. The second-order valence-corrected chi connectivity index (χ2v) is 8.20. The minimum atomic E-state index is -1.09. The van der Waals surface area contributed by atoms with E-state index in [9.17, 15) is 14.9 Å². The summed E-state index contributed by atoms with van der Waals surface area (Å²) in [6.45, 7) is 1.45. The summed E-state index contributed by atoms with van der Waals surface area (Å²) in [5.74, 6) is -1.05. The first-order chi connectivity index (χ1) is 16.7. The van der Waals surface area contributed by atoms with Crippen molar-refractivity contribution in [2.45, 2.75) is 13.5 Å². The van der Waals surface area contributed by atoms with Crippen molar-refractivity contribution in [1.29, 1.82) is 5.26 Å². The van der Waals surface area contributed by atoms with E-state index in [1.54, 1.807) is 19.1 Å². The molecule has 10 nitrogen and oxygen atoms in total. The van der Waals surface area contributed by atoms with Gasteiger partial charge < -0.3 is 19.0 Å². The number of amides is 1. The van der Waals surface area contributed by atoms with Crippen LogP contribution < -0.4 is 10.2 Å². The fraction of sp³-hybridized carbons (Fsp3) is 0.174. The van der Waals surface area contributed by atoms with Crippen molar-refractivity contribution in [3.63, 3.8) is 0 Å². The molecule has 0 atom stereocenters. The molecule has 12 heteroatoms. The molecular weight excluding hydrogens is 544 g/mol. The number of nitrogens with zero attached hydrogens (tertiary/aromatic N) is 3. The highest BCUT2D eigenvalue weighted by atomic mass is 79.9. The number of carbonyl (C=O) groups is 2. The van der Waals surface area contributed by atoms with Crippen molar-refractivity contribution in [3.8, 4) is 23.3 Å². The zero-order chi connectivity index (χ0) is 25.5. The van der Waals surface area contributed by atoms with E-state index in [1.165, 1.54) is 31.5 Å². The lowest BCUT2D eigenvalue weighted by Crippen LogP contribution is -2.25. The second-order valence-electron chi connectivity index (χ2n) is 7.00. The predicted octanol–water partition coefficient (Wildman–Crippen LogP) is 4.31. The average molecular weight is 562 g/mol. The topological polar surface area (TPSA) is 147 Å². The van der Waals surface area contributed by atoms with Gasteiger partial charge in [-0.1, -0.05) is 11.6 Å². The Morgan fingerprint density at radius 3 is 2.83 bits per heavy atom. The van der Waals surface area contributed by atoms with Gasteiger partial charge in [0.1, 0.15) is 23.2 Å². The summed E-state index contributed by atoms with van der Waals surface area (Å²) in [6, 6.07) is 9.45. The van der Waals surface area contributed by atoms with Crippen LogP contribution in [0.4, 0.5) is 0 Å². The first-order valence-electron chi connectivity index (χ1n) is 9.90. The number of carboxylic acid groups (broad SMARTS) is 1. The van der Waals surface area contributed by atoms with E-state index in [-0.39, 0.29) is 23.6 Å². The normalized spacial score (nSPS) is 10.8. The quantitative estimate of drug-likeness (QED) is 0.290. The molecule has 0 aliphatic carbocycles. The lowest BCUT2D eigenvalue weighted by molar-refractivity contribution is -0.123. The van der Waals surface area contributed by atoms with Gasteiger partial charge >= 0.3 is 5.97 Å². The number of hydrogen-bond acceptors (Lipinski definition) is 8. The predicted molar refractivity (Wildman–Crippen MR) is 129 cm³/mol.